The van der Waals surface area contributed by atoms with Crippen LogP contribution in [0.3, 0.4) is 0 Å². The zero-order chi connectivity index (χ0) is 12.4. The Bertz CT molecular complexity index is 435. The van der Waals surface area contributed by atoms with Crippen molar-refractivity contribution in [3.63, 3.8) is 0 Å². The molecular weight excluding hydrogens is 243 g/mol. The van der Waals surface area contributed by atoms with Gasteiger partial charge in [-0.1, -0.05) is 24.4 Å². The largest absolute Gasteiger partial charge is 0.325 e. The van der Waals surface area contributed by atoms with Crippen LogP contribution >= 0.6 is 11.6 Å². The average molecular weight is 257 g/mol. The molecule has 1 aliphatic rings. The van der Waals surface area contributed by atoms with E-state index in [2.05, 4.69) is 5.32 Å². The summed E-state index contributed by atoms with van der Waals surface area (Å²) in [6.07, 6.45) is 3.00. The van der Waals surface area contributed by atoms with Gasteiger partial charge in [0.2, 0.25) is 5.91 Å². The molecule has 17 heavy (non-hydrogen) atoms. The van der Waals surface area contributed by atoms with E-state index in [0.717, 1.165) is 12.8 Å². The highest BCUT2D eigenvalue weighted by Gasteiger charge is 2.27. The second-order valence-electron chi connectivity index (χ2n) is 4.40. The number of anilines is 1. The molecule has 0 aromatic heterocycles. The van der Waals surface area contributed by atoms with E-state index < -0.39 is 11.9 Å². The summed E-state index contributed by atoms with van der Waals surface area (Å²) in [6, 6.07) is 3.61. The fraction of sp³-hybridized carbons (Fsp3) is 0.417. The van der Waals surface area contributed by atoms with Gasteiger partial charge in [0.05, 0.1) is 11.1 Å². The van der Waals surface area contributed by atoms with E-state index in [1.807, 2.05) is 0 Å². The molecule has 0 spiro atoms. The Morgan fingerprint density at radius 2 is 2.29 bits per heavy atom. The van der Waals surface area contributed by atoms with Gasteiger partial charge in [0.15, 0.2) is 0 Å². The molecule has 0 bridgehead atoms. The van der Waals surface area contributed by atoms with Crippen LogP contribution in [-0.4, -0.2) is 11.9 Å². The molecule has 1 aromatic rings. The van der Waals surface area contributed by atoms with E-state index in [1.54, 1.807) is 6.07 Å². The number of amides is 1. The van der Waals surface area contributed by atoms with Crippen molar-refractivity contribution in [2.75, 3.05) is 5.32 Å². The number of nitrogens with one attached hydrogen (secondary N) is 1. The van der Waals surface area contributed by atoms with Gasteiger partial charge in [0, 0.05) is 5.69 Å². The molecule has 0 radical (unpaired) electrons. The van der Waals surface area contributed by atoms with Gasteiger partial charge in [-0.15, -0.1) is 0 Å². The first-order chi connectivity index (χ1) is 8.06. The molecule has 0 aliphatic heterocycles. The van der Waals surface area contributed by atoms with Gasteiger partial charge in [-0.2, -0.15) is 0 Å². The smallest absolute Gasteiger partial charge is 0.241 e. The van der Waals surface area contributed by atoms with Crippen LogP contribution in [0, 0.1) is 11.7 Å². The SMILES string of the molecule is NC(CC1CC1)C(=O)Nc1ccc(Cl)c(F)c1. The third kappa shape index (κ3) is 3.41. The van der Waals surface area contributed by atoms with Crippen LogP contribution in [0.4, 0.5) is 10.1 Å². The van der Waals surface area contributed by atoms with E-state index in [9.17, 15) is 9.18 Å². The fourth-order valence-electron chi connectivity index (χ4n) is 1.63. The lowest BCUT2D eigenvalue weighted by Crippen LogP contribution is -2.36. The maximum Gasteiger partial charge on any atom is 0.241 e. The molecule has 3 N–H and O–H groups in total. The number of carbonyl (C=O) groups excluding carboxylic acids is 1. The zero-order valence-electron chi connectivity index (χ0n) is 9.25. The van der Waals surface area contributed by atoms with E-state index in [0.29, 0.717) is 18.0 Å². The predicted octanol–water partition coefficient (Wildman–Crippen LogP) is 2.54. The molecule has 2 rings (SSSR count). The number of hydrogen-bond donors (Lipinski definition) is 2. The lowest BCUT2D eigenvalue weighted by molar-refractivity contribution is -0.117. The standard InChI is InChI=1S/C12H14ClFN2O/c13-9-4-3-8(6-10(9)14)16-12(17)11(15)5-7-1-2-7/h3-4,6-7,11H,1-2,5,15H2,(H,16,17). The highest BCUT2D eigenvalue weighted by molar-refractivity contribution is 6.30. The quantitative estimate of drug-likeness (QED) is 0.870. The van der Waals surface area contributed by atoms with Crippen molar-refractivity contribution in [3.05, 3.63) is 29.0 Å². The maximum absolute atomic E-state index is 13.1. The van der Waals surface area contributed by atoms with Crippen molar-refractivity contribution in [2.24, 2.45) is 11.7 Å². The third-order valence-electron chi connectivity index (χ3n) is 2.81. The van der Waals surface area contributed by atoms with Crippen molar-refractivity contribution in [1.82, 2.24) is 0 Å². The molecule has 1 unspecified atom stereocenters. The minimum Gasteiger partial charge on any atom is -0.325 e. The van der Waals surface area contributed by atoms with Crippen molar-refractivity contribution < 1.29 is 9.18 Å². The fourth-order valence-corrected chi connectivity index (χ4v) is 1.75. The molecule has 92 valence electrons. The van der Waals surface area contributed by atoms with Crippen LogP contribution in [0.1, 0.15) is 19.3 Å². The Hall–Kier alpha value is -1.13. The molecule has 1 saturated carbocycles. The minimum absolute atomic E-state index is 0.0327. The van der Waals surface area contributed by atoms with Gasteiger partial charge in [-0.25, -0.2) is 4.39 Å². The first-order valence-electron chi connectivity index (χ1n) is 5.58. The molecule has 1 amide bonds. The molecule has 1 aliphatic carbocycles. The Kier molecular flexibility index (Phi) is 3.64. The summed E-state index contributed by atoms with van der Waals surface area (Å²) in [5.74, 6) is -0.253. The van der Waals surface area contributed by atoms with Crippen LogP contribution in [0.25, 0.3) is 0 Å². The summed E-state index contributed by atoms with van der Waals surface area (Å²) in [6.45, 7) is 0. The first kappa shape index (κ1) is 12.3. The van der Waals surface area contributed by atoms with Crippen molar-refractivity contribution in [3.8, 4) is 0 Å². The first-order valence-corrected chi connectivity index (χ1v) is 5.95. The molecule has 1 aromatic carbocycles. The van der Waals surface area contributed by atoms with Crippen LogP contribution in [0.15, 0.2) is 18.2 Å². The van der Waals surface area contributed by atoms with Gasteiger partial charge in [0.1, 0.15) is 5.82 Å². The molecule has 5 heteroatoms. The molecule has 0 heterocycles. The Labute approximate surface area is 104 Å². The summed E-state index contributed by atoms with van der Waals surface area (Å²) >= 11 is 5.54. The Morgan fingerprint density at radius 3 is 2.88 bits per heavy atom. The number of benzene rings is 1. The van der Waals surface area contributed by atoms with Gasteiger partial charge in [-0.3, -0.25) is 4.79 Å². The molecular formula is C12H14ClFN2O. The molecule has 0 saturated heterocycles. The van der Waals surface area contributed by atoms with Gasteiger partial charge >= 0.3 is 0 Å². The van der Waals surface area contributed by atoms with E-state index >= 15 is 0 Å². The minimum atomic E-state index is -0.555. The van der Waals surface area contributed by atoms with Crippen LogP contribution in [-0.2, 0) is 4.79 Å². The van der Waals surface area contributed by atoms with Crippen molar-refractivity contribution >= 4 is 23.2 Å². The lowest BCUT2D eigenvalue weighted by atomic mass is 10.1. The van der Waals surface area contributed by atoms with Gasteiger partial charge in [0.25, 0.3) is 0 Å². The van der Waals surface area contributed by atoms with Crippen LogP contribution in [0.5, 0.6) is 0 Å². The summed E-state index contributed by atoms with van der Waals surface area (Å²) in [5.41, 5.74) is 6.12. The molecule has 1 atom stereocenters. The number of carbonyl (C=O) groups is 1. The Morgan fingerprint density at radius 1 is 1.59 bits per heavy atom. The number of nitrogens with two attached hydrogens (primary N) is 1. The van der Waals surface area contributed by atoms with Gasteiger partial charge < -0.3 is 11.1 Å². The maximum atomic E-state index is 13.1. The van der Waals surface area contributed by atoms with Crippen molar-refractivity contribution in [1.29, 1.82) is 0 Å². The van der Waals surface area contributed by atoms with E-state index in [1.165, 1.54) is 12.1 Å². The van der Waals surface area contributed by atoms with Crippen LogP contribution in [0.2, 0.25) is 5.02 Å². The number of hydrogen-bond acceptors (Lipinski definition) is 2. The molecule has 1 fully saturated rings. The normalized spacial score (nSPS) is 16.6. The lowest BCUT2D eigenvalue weighted by Gasteiger charge is -2.11. The van der Waals surface area contributed by atoms with E-state index in [-0.39, 0.29) is 10.9 Å². The summed E-state index contributed by atoms with van der Waals surface area (Å²) in [5, 5.41) is 2.61. The monoisotopic (exact) mass is 256 g/mol. The third-order valence-corrected chi connectivity index (χ3v) is 3.11. The van der Waals surface area contributed by atoms with Crippen molar-refractivity contribution in [2.45, 2.75) is 25.3 Å². The predicted molar refractivity (Wildman–Crippen MR) is 65.4 cm³/mol. The van der Waals surface area contributed by atoms with E-state index in [4.69, 9.17) is 17.3 Å². The highest BCUT2D eigenvalue weighted by Crippen LogP contribution is 2.33. The highest BCUT2D eigenvalue weighted by atomic mass is 35.5. The number of halogens is 2. The van der Waals surface area contributed by atoms with Gasteiger partial charge in [-0.05, 0) is 30.5 Å². The topological polar surface area (TPSA) is 55.1 Å². The summed E-state index contributed by atoms with van der Waals surface area (Å²) in [7, 11) is 0. The number of rotatable bonds is 4. The van der Waals surface area contributed by atoms with Crippen LogP contribution < -0.4 is 11.1 Å². The average Bonchev–Trinajstić information content (AvgIpc) is 3.07. The zero-order valence-corrected chi connectivity index (χ0v) is 10.0. The summed E-state index contributed by atoms with van der Waals surface area (Å²) in [4.78, 5) is 11.7. The molecule has 3 nitrogen and oxygen atoms in total. The summed E-state index contributed by atoms with van der Waals surface area (Å²) < 4.78 is 13.1. The second kappa shape index (κ2) is 5.02. The second-order valence-corrected chi connectivity index (χ2v) is 4.81. The Balaban J connectivity index is 1.94.